The number of amides is 1. The first-order chi connectivity index (χ1) is 10.0. The van der Waals surface area contributed by atoms with Crippen LogP contribution in [0.15, 0.2) is 0 Å². The van der Waals surface area contributed by atoms with E-state index in [1.807, 2.05) is 0 Å². The Morgan fingerprint density at radius 1 is 1.41 bits per heavy atom. The van der Waals surface area contributed by atoms with Crippen LogP contribution in [0.3, 0.4) is 0 Å². The van der Waals surface area contributed by atoms with E-state index in [1.54, 1.807) is 4.90 Å². The second kappa shape index (κ2) is 5.35. The minimum Gasteiger partial charge on any atom is -0.326 e. The van der Waals surface area contributed by atoms with Crippen molar-refractivity contribution in [2.75, 3.05) is 13.1 Å². The molecule has 6 heteroatoms. The highest BCUT2D eigenvalue weighted by Crippen LogP contribution is 2.63. The molecule has 4 saturated carbocycles. The Kier molecular flexibility index (Phi) is 3.89. The molecule has 4 unspecified atom stereocenters. The maximum atomic E-state index is 14.6. The number of carbonyl (C=O) groups is 1. The second-order valence-electron chi connectivity index (χ2n) is 7.62. The van der Waals surface area contributed by atoms with Gasteiger partial charge >= 0.3 is 0 Å². The summed E-state index contributed by atoms with van der Waals surface area (Å²) < 4.78 is 14.6. The van der Waals surface area contributed by atoms with Crippen LogP contribution in [-0.2, 0) is 4.79 Å². The quantitative estimate of drug-likeness (QED) is 0.864. The first kappa shape index (κ1) is 16.0. The van der Waals surface area contributed by atoms with Crippen molar-refractivity contribution in [3.05, 3.63) is 0 Å². The zero-order valence-electron chi connectivity index (χ0n) is 12.7. The van der Waals surface area contributed by atoms with Gasteiger partial charge in [0.1, 0.15) is 11.7 Å². The third kappa shape index (κ3) is 2.32. The van der Waals surface area contributed by atoms with Crippen LogP contribution in [0.2, 0.25) is 0 Å². The minimum atomic E-state index is -0.981. The van der Waals surface area contributed by atoms with Gasteiger partial charge in [0, 0.05) is 12.1 Å². The maximum Gasteiger partial charge on any atom is 0.237 e. The van der Waals surface area contributed by atoms with Crippen molar-refractivity contribution in [3.63, 3.8) is 0 Å². The molecule has 5 aliphatic rings. The molecule has 22 heavy (non-hydrogen) atoms. The molecule has 1 heterocycles. The fourth-order valence-corrected chi connectivity index (χ4v) is 5.63. The third-order valence-electron chi connectivity index (χ3n) is 6.27. The number of alkyl halides is 1. The summed E-state index contributed by atoms with van der Waals surface area (Å²) >= 11 is 0. The topological polar surface area (TPSA) is 56.1 Å². The summed E-state index contributed by atoms with van der Waals surface area (Å²) in [7, 11) is 0. The highest BCUT2D eigenvalue weighted by Gasteiger charge is 2.64. The van der Waals surface area contributed by atoms with Gasteiger partial charge in [-0.25, -0.2) is 4.39 Å². The van der Waals surface area contributed by atoms with E-state index in [0.717, 1.165) is 32.1 Å². The van der Waals surface area contributed by atoms with E-state index in [9.17, 15) is 9.18 Å². The largest absolute Gasteiger partial charge is 0.326 e. The van der Waals surface area contributed by atoms with Crippen molar-refractivity contribution < 1.29 is 9.18 Å². The van der Waals surface area contributed by atoms with E-state index in [4.69, 9.17) is 5.26 Å². The van der Waals surface area contributed by atoms with Gasteiger partial charge in [0.05, 0.1) is 12.6 Å². The molecule has 1 amide bonds. The number of nitrogens with one attached hydrogen (secondary N) is 1. The molecule has 0 spiro atoms. The van der Waals surface area contributed by atoms with Crippen LogP contribution in [0.4, 0.5) is 4.39 Å². The number of hydrogen-bond acceptors (Lipinski definition) is 3. The first-order valence-corrected chi connectivity index (χ1v) is 8.17. The molecular weight excluding hydrogens is 305 g/mol. The van der Waals surface area contributed by atoms with E-state index in [2.05, 4.69) is 11.4 Å². The van der Waals surface area contributed by atoms with Crippen LogP contribution in [-0.4, -0.2) is 41.1 Å². The summed E-state index contributed by atoms with van der Waals surface area (Å²) in [6.45, 7) is 0.947. The van der Waals surface area contributed by atoms with Gasteiger partial charge in [-0.15, -0.1) is 12.4 Å². The van der Waals surface area contributed by atoms with E-state index < -0.39 is 5.67 Å². The smallest absolute Gasteiger partial charge is 0.237 e. The van der Waals surface area contributed by atoms with Crippen LogP contribution < -0.4 is 5.32 Å². The molecule has 1 aliphatic heterocycles. The van der Waals surface area contributed by atoms with Gasteiger partial charge in [0.25, 0.3) is 0 Å². The molecule has 5 rings (SSSR count). The number of hydrogen-bond donors (Lipinski definition) is 1. The zero-order valence-corrected chi connectivity index (χ0v) is 13.5. The number of likely N-dealkylation sites (tertiary alicyclic amines) is 1. The summed E-state index contributed by atoms with van der Waals surface area (Å²) in [5, 5.41) is 12.5. The normalized spacial score (nSPS) is 44.9. The van der Waals surface area contributed by atoms with E-state index in [0.29, 0.717) is 31.2 Å². The lowest BCUT2D eigenvalue weighted by atomic mass is 9.78. The fourth-order valence-electron chi connectivity index (χ4n) is 5.63. The molecule has 0 aromatic carbocycles. The second-order valence-corrected chi connectivity index (χ2v) is 7.62. The summed E-state index contributed by atoms with van der Waals surface area (Å²) in [6, 6.07) is 1.94. The standard InChI is InChI=1S/C16H22FN3O.ClH/c17-15-5-11-4-12(7-15)16(6-11,10-15)19-9-14(21)20-3-1-2-13(20)8-18;/h11-13,19H,1-7,9-10H2;1H/t11?,12?,13-,15?,16?;/m0./s1. The molecule has 5 fully saturated rings. The molecule has 0 aromatic rings. The number of rotatable bonds is 3. The highest BCUT2D eigenvalue weighted by atomic mass is 35.5. The third-order valence-corrected chi connectivity index (χ3v) is 6.27. The molecule has 4 bridgehead atoms. The Hall–Kier alpha value is -0.860. The van der Waals surface area contributed by atoms with Gasteiger partial charge in [-0.3, -0.25) is 4.79 Å². The van der Waals surface area contributed by atoms with Crippen molar-refractivity contribution in [2.45, 2.75) is 62.2 Å². The Bertz CT molecular complexity index is 524. The Labute approximate surface area is 136 Å². The summed E-state index contributed by atoms with van der Waals surface area (Å²) in [5.41, 5.74) is -1.13. The molecular formula is C16H23ClFN3O. The first-order valence-electron chi connectivity index (χ1n) is 8.17. The van der Waals surface area contributed by atoms with Crippen LogP contribution in [0.5, 0.6) is 0 Å². The molecule has 1 N–H and O–H groups in total. The Morgan fingerprint density at radius 3 is 2.95 bits per heavy atom. The van der Waals surface area contributed by atoms with Crippen molar-refractivity contribution >= 4 is 18.3 Å². The minimum absolute atomic E-state index is 0. The van der Waals surface area contributed by atoms with Crippen LogP contribution >= 0.6 is 12.4 Å². The molecule has 122 valence electrons. The molecule has 0 aromatic heterocycles. The van der Waals surface area contributed by atoms with Crippen molar-refractivity contribution in [3.8, 4) is 6.07 Å². The molecule has 1 saturated heterocycles. The molecule has 4 nitrogen and oxygen atoms in total. The van der Waals surface area contributed by atoms with Gasteiger partial charge in [-0.05, 0) is 56.8 Å². The highest BCUT2D eigenvalue weighted by molar-refractivity contribution is 5.85. The van der Waals surface area contributed by atoms with E-state index in [1.165, 1.54) is 0 Å². The van der Waals surface area contributed by atoms with E-state index in [-0.39, 0.29) is 36.4 Å². The van der Waals surface area contributed by atoms with Gasteiger partial charge in [0.15, 0.2) is 0 Å². The Balaban J connectivity index is 0.00000144. The zero-order chi connectivity index (χ0) is 14.7. The van der Waals surface area contributed by atoms with Crippen molar-refractivity contribution in [1.82, 2.24) is 10.2 Å². The lowest BCUT2D eigenvalue weighted by Gasteiger charge is -2.36. The van der Waals surface area contributed by atoms with Crippen LogP contribution in [0.25, 0.3) is 0 Å². The van der Waals surface area contributed by atoms with Crippen LogP contribution in [0.1, 0.15) is 44.9 Å². The average Bonchev–Trinajstić information content (AvgIpc) is 3.04. The SMILES string of the molecule is Cl.N#C[C@@H]1CCCN1C(=O)CNC12CC3CC1CC(F)(C3)C2. The average molecular weight is 328 g/mol. The van der Waals surface area contributed by atoms with Gasteiger partial charge in [-0.1, -0.05) is 0 Å². The number of carbonyl (C=O) groups excluding carboxylic acids is 1. The number of nitriles is 1. The van der Waals surface area contributed by atoms with Gasteiger partial charge in [-0.2, -0.15) is 5.26 Å². The Morgan fingerprint density at radius 2 is 2.23 bits per heavy atom. The van der Waals surface area contributed by atoms with E-state index >= 15 is 0 Å². The molecule has 0 radical (unpaired) electrons. The van der Waals surface area contributed by atoms with Gasteiger partial charge < -0.3 is 10.2 Å². The molecule has 4 aliphatic carbocycles. The summed E-state index contributed by atoms with van der Waals surface area (Å²) in [5.74, 6) is 0.913. The summed E-state index contributed by atoms with van der Waals surface area (Å²) in [4.78, 5) is 14.0. The van der Waals surface area contributed by atoms with Gasteiger partial charge in [0.2, 0.25) is 5.91 Å². The lowest BCUT2D eigenvalue weighted by Crippen LogP contribution is -2.52. The fraction of sp³-hybridized carbons (Fsp3) is 0.875. The lowest BCUT2D eigenvalue weighted by molar-refractivity contribution is -0.130. The maximum absolute atomic E-state index is 14.6. The summed E-state index contributed by atoms with van der Waals surface area (Å²) in [6.07, 6.45) is 5.82. The predicted molar refractivity (Wildman–Crippen MR) is 82.2 cm³/mol. The molecule has 5 atom stereocenters. The number of nitrogens with zero attached hydrogens (tertiary/aromatic N) is 2. The van der Waals surface area contributed by atoms with Crippen molar-refractivity contribution in [2.24, 2.45) is 11.8 Å². The van der Waals surface area contributed by atoms with Crippen LogP contribution in [0, 0.1) is 23.2 Å². The van der Waals surface area contributed by atoms with Crippen molar-refractivity contribution in [1.29, 1.82) is 5.26 Å². The predicted octanol–water partition coefficient (Wildman–Crippen LogP) is 2.18. The number of halogens is 2. The monoisotopic (exact) mass is 327 g/mol.